The number of aryl methyl sites for hydroxylation is 1. The molecule has 2 rings (SSSR count). The lowest BCUT2D eigenvalue weighted by Crippen LogP contribution is -2.44. The molecule has 0 unspecified atom stereocenters. The Kier molecular flexibility index (Phi) is 4.97. The highest BCUT2D eigenvalue weighted by Gasteiger charge is 2.11. The van der Waals surface area contributed by atoms with Crippen molar-refractivity contribution in [3.05, 3.63) is 41.7 Å². The molecule has 1 aromatic carbocycles. The minimum atomic E-state index is -0.519. The predicted molar refractivity (Wildman–Crippen MR) is 77.4 cm³/mol. The Morgan fingerprint density at radius 3 is 2.59 bits per heavy atom. The van der Waals surface area contributed by atoms with Crippen LogP contribution in [0.25, 0.3) is 0 Å². The van der Waals surface area contributed by atoms with Crippen LogP contribution in [0, 0.1) is 6.92 Å². The van der Waals surface area contributed by atoms with Crippen LogP contribution < -0.4 is 20.3 Å². The van der Waals surface area contributed by atoms with Gasteiger partial charge >= 0.3 is 0 Å². The summed E-state index contributed by atoms with van der Waals surface area (Å²) >= 11 is 0. The highest BCUT2D eigenvalue weighted by atomic mass is 16.5. The van der Waals surface area contributed by atoms with Crippen LogP contribution in [-0.4, -0.2) is 35.7 Å². The zero-order valence-corrected chi connectivity index (χ0v) is 12.2. The van der Waals surface area contributed by atoms with E-state index in [9.17, 15) is 9.59 Å². The van der Waals surface area contributed by atoms with Crippen molar-refractivity contribution in [3.8, 4) is 11.5 Å². The van der Waals surface area contributed by atoms with Crippen molar-refractivity contribution in [2.45, 2.75) is 6.92 Å². The lowest BCUT2D eigenvalue weighted by molar-refractivity contribution is -0.123. The van der Waals surface area contributed by atoms with E-state index in [-0.39, 0.29) is 12.3 Å². The number of methoxy groups -OCH3 is 1. The third-order valence-electron chi connectivity index (χ3n) is 2.68. The molecule has 8 nitrogen and oxygen atoms in total. The van der Waals surface area contributed by atoms with Gasteiger partial charge in [0.2, 0.25) is 0 Å². The molecule has 2 aromatic rings. The van der Waals surface area contributed by atoms with E-state index in [1.165, 1.54) is 7.11 Å². The van der Waals surface area contributed by atoms with E-state index < -0.39 is 11.8 Å². The zero-order chi connectivity index (χ0) is 15.9. The first kappa shape index (κ1) is 15.4. The number of ether oxygens (including phenoxy) is 2. The monoisotopic (exact) mass is 304 g/mol. The molecule has 116 valence electrons. The van der Waals surface area contributed by atoms with Crippen LogP contribution in [0.2, 0.25) is 0 Å². The van der Waals surface area contributed by atoms with Crippen LogP contribution >= 0.6 is 0 Å². The Morgan fingerprint density at radius 2 is 1.95 bits per heavy atom. The molecule has 0 saturated heterocycles. The first-order valence-electron chi connectivity index (χ1n) is 6.47. The van der Waals surface area contributed by atoms with Crippen molar-refractivity contribution in [3.63, 3.8) is 0 Å². The van der Waals surface area contributed by atoms with E-state index in [4.69, 9.17) is 9.47 Å². The van der Waals surface area contributed by atoms with Crippen molar-refractivity contribution in [2.75, 3.05) is 13.7 Å². The maximum atomic E-state index is 11.7. The fourth-order valence-corrected chi connectivity index (χ4v) is 1.64. The van der Waals surface area contributed by atoms with Crippen molar-refractivity contribution in [1.29, 1.82) is 0 Å². The summed E-state index contributed by atoms with van der Waals surface area (Å²) in [7, 11) is 1.51. The summed E-state index contributed by atoms with van der Waals surface area (Å²) in [6.45, 7) is 1.50. The Bertz CT molecular complexity index is 668. The fraction of sp³-hybridized carbons (Fsp3) is 0.214. The lowest BCUT2D eigenvalue weighted by Gasteiger charge is -2.10. The Labute approximate surface area is 126 Å². The fourth-order valence-electron chi connectivity index (χ4n) is 1.64. The molecule has 1 heterocycles. The van der Waals surface area contributed by atoms with Crippen LogP contribution in [0.5, 0.6) is 11.5 Å². The van der Waals surface area contributed by atoms with Crippen molar-refractivity contribution < 1.29 is 19.1 Å². The van der Waals surface area contributed by atoms with Crippen LogP contribution in [0.1, 0.15) is 16.2 Å². The van der Waals surface area contributed by atoms with Gasteiger partial charge in [0, 0.05) is 5.69 Å². The number of hydrogen-bond acceptors (Lipinski definition) is 5. The molecule has 0 radical (unpaired) electrons. The summed E-state index contributed by atoms with van der Waals surface area (Å²) < 4.78 is 10.4. The first-order chi connectivity index (χ1) is 10.6. The predicted octanol–water partition coefficient (Wildman–Crippen LogP) is 0.567. The van der Waals surface area contributed by atoms with Crippen LogP contribution in [0.15, 0.2) is 30.3 Å². The van der Waals surface area contributed by atoms with E-state index in [2.05, 4.69) is 21.0 Å². The minimum absolute atomic E-state index is 0.184. The molecule has 3 N–H and O–H groups in total. The molecule has 0 aliphatic rings. The summed E-state index contributed by atoms with van der Waals surface area (Å²) in [5, 5.41) is 6.41. The minimum Gasteiger partial charge on any atom is -0.493 e. The summed E-state index contributed by atoms with van der Waals surface area (Å²) in [6, 6.07) is 8.51. The quantitative estimate of drug-likeness (QED) is 0.700. The van der Waals surface area contributed by atoms with Gasteiger partial charge in [-0.2, -0.15) is 5.10 Å². The SMILES string of the molecule is COc1ccccc1OCC(=O)NNC(=O)c1cc(C)[nH]n1. The number of rotatable bonds is 5. The van der Waals surface area contributed by atoms with Gasteiger partial charge in [0.15, 0.2) is 23.8 Å². The first-order valence-corrected chi connectivity index (χ1v) is 6.47. The average Bonchev–Trinajstić information content (AvgIpc) is 2.97. The van der Waals surface area contributed by atoms with Gasteiger partial charge in [0.25, 0.3) is 11.8 Å². The molecule has 1 aromatic heterocycles. The number of hydrogen-bond donors (Lipinski definition) is 3. The van der Waals surface area contributed by atoms with Crippen LogP contribution in [0.3, 0.4) is 0 Å². The standard InChI is InChI=1S/C14H16N4O4/c1-9-7-10(16-15-9)14(20)18-17-13(19)8-22-12-6-4-3-5-11(12)21-2/h3-7H,8H2,1-2H3,(H,15,16)(H,17,19)(H,18,20). The van der Waals surface area contributed by atoms with Crippen molar-refractivity contribution in [2.24, 2.45) is 0 Å². The normalized spacial score (nSPS) is 9.91. The van der Waals surface area contributed by atoms with Crippen molar-refractivity contribution in [1.82, 2.24) is 21.0 Å². The molecular formula is C14H16N4O4. The highest BCUT2D eigenvalue weighted by molar-refractivity contribution is 5.93. The topological polar surface area (TPSA) is 105 Å². The number of aromatic amines is 1. The number of aromatic nitrogens is 2. The Balaban J connectivity index is 1.80. The van der Waals surface area contributed by atoms with Gasteiger partial charge < -0.3 is 9.47 Å². The molecule has 22 heavy (non-hydrogen) atoms. The molecule has 0 spiro atoms. The smallest absolute Gasteiger partial charge is 0.290 e. The van der Waals surface area contributed by atoms with Gasteiger partial charge in [-0.05, 0) is 25.1 Å². The summed E-state index contributed by atoms with van der Waals surface area (Å²) in [5.74, 6) is -0.0674. The van der Waals surface area contributed by atoms with Gasteiger partial charge in [0.1, 0.15) is 0 Å². The average molecular weight is 304 g/mol. The molecule has 0 aliphatic heterocycles. The maximum Gasteiger partial charge on any atom is 0.290 e. The summed E-state index contributed by atoms with van der Waals surface area (Å²) in [4.78, 5) is 23.3. The third kappa shape index (κ3) is 3.98. The molecule has 8 heteroatoms. The summed E-state index contributed by atoms with van der Waals surface area (Å²) in [5.41, 5.74) is 5.41. The zero-order valence-electron chi connectivity index (χ0n) is 12.2. The molecule has 2 amide bonds. The number of para-hydroxylation sites is 2. The van der Waals surface area contributed by atoms with Gasteiger partial charge in [-0.3, -0.25) is 25.5 Å². The number of nitrogens with one attached hydrogen (secondary N) is 3. The number of carbonyl (C=O) groups excluding carboxylic acids is 2. The second-order valence-corrected chi connectivity index (χ2v) is 4.38. The second kappa shape index (κ2) is 7.11. The maximum absolute atomic E-state index is 11.7. The van der Waals surface area contributed by atoms with Crippen LogP contribution in [-0.2, 0) is 4.79 Å². The van der Waals surface area contributed by atoms with Gasteiger partial charge in [-0.15, -0.1) is 0 Å². The summed E-state index contributed by atoms with van der Waals surface area (Å²) in [6.07, 6.45) is 0. The van der Waals surface area contributed by atoms with E-state index in [1.807, 2.05) is 0 Å². The molecule has 0 bridgehead atoms. The number of H-pyrrole nitrogens is 1. The molecule has 0 aliphatic carbocycles. The van der Waals surface area contributed by atoms with Gasteiger partial charge in [-0.1, -0.05) is 12.1 Å². The molecule has 0 saturated carbocycles. The molecular weight excluding hydrogens is 288 g/mol. The van der Waals surface area contributed by atoms with E-state index in [0.29, 0.717) is 11.5 Å². The highest BCUT2D eigenvalue weighted by Crippen LogP contribution is 2.25. The molecule has 0 fully saturated rings. The van der Waals surface area contributed by atoms with Crippen molar-refractivity contribution >= 4 is 11.8 Å². The second-order valence-electron chi connectivity index (χ2n) is 4.38. The van der Waals surface area contributed by atoms with Crippen LogP contribution in [0.4, 0.5) is 0 Å². The third-order valence-corrected chi connectivity index (χ3v) is 2.68. The number of hydrazine groups is 1. The number of amides is 2. The van der Waals surface area contributed by atoms with Gasteiger partial charge in [0.05, 0.1) is 7.11 Å². The number of nitrogens with zero attached hydrogens (tertiary/aromatic N) is 1. The van der Waals surface area contributed by atoms with E-state index >= 15 is 0 Å². The number of benzene rings is 1. The van der Waals surface area contributed by atoms with E-state index in [0.717, 1.165) is 5.69 Å². The van der Waals surface area contributed by atoms with E-state index in [1.54, 1.807) is 37.3 Å². The lowest BCUT2D eigenvalue weighted by atomic mass is 10.3. The largest absolute Gasteiger partial charge is 0.493 e. The number of carbonyl (C=O) groups is 2. The molecule has 0 atom stereocenters. The van der Waals surface area contributed by atoms with Gasteiger partial charge in [-0.25, -0.2) is 0 Å². The Hall–Kier alpha value is -3.03. The Morgan fingerprint density at radius 1 is 1.23 bits per heavy atom.